The van der Waals surface area contributed by atoms with Crippen molar-refractivity contribution >= 4 is 23.4 Å². The van der Waals surface area contributed by atoms with E-state index in [-0.39, 0.29) is 5.56 Å². The highest BCUT2D eigenvalue weighted by molar-refractivity contribution is 6.33. The van der Waals surface area contributed by atoms with Crippen molar-refractivity contribution in [1.82, 2.24) is 4.98 Å². The van der Waals surface area contributed by atoms with Crippen LogP contribution in [0.3, 0.4) is 0 Å². The molecule has 1 aromatic heterocycles. The van der Waals surface area contributed by atoms with Crippen LogP contribution in [0.4, 0.5) is 5.82 Å². The van der Waals surface area contributed by atoms with Crippen LogP contribution >= 0.6 is 11.6 Å². The number of aromatic nitrogens is 1. The first-order valence-electron chi connectivity index (χ1n) is 6.79. The molecule has 0 fully saturated rings. The molecule has 20 heavy (non-hydrogen) atoms. The van der Waals surface area contributed by atoms with Crippen molar-refractivity contribution in [3.63, 3.8) is 0 Å². The summed E-state index contributed by atoms with van der Waals surface area (Å²) < 4.78 is 0. The van der Waals surface area contributed by atoms with Crippen LogP contribution in [0, 0.1) is 0 Å². The minimum absolute atomic E-state index is 0.0165. The molecule has 0 aromatic carbocycles. The Morgan fingerprint density at radius 2 is 2.00 bits per heavy atom. The van der Waals surface area contributed by atoms with E-state index in [1.165, 1.54) is 17.2 Å². The quantitative estimate of drug-likeness (QED) is 0.755. The smallest absolute Gasteiger partial charge is 0.145 e. The zero-order valence-corrected chi connectivity index (χ0v) is 13.1. The number of aromatic carboxylic acids is 1. The molecule has 1 aromatic rings. The van der Waals surface area contributed by atoms with Gasteiger partial charge < -0.3 is 20.1 Å². The van der Waals surface area contributed by atoms with Crippen LogP contribution in [-0.2, 0) is 0 Å². The largest absolute Gasteiger partial charge is 0.545 e. The van der Waals surface area contributed by atoms with Crippen molar-refractivity contribution in [2.45, 2.75) is 39.8 Å². The molecule has 112 valence electrons. The monoisotopic (exact) mass is 299 g/mol. The van der Waals surface area contributed by atoms with Crippen molar-refractivity contribution in [2.75, 3.05) is 18.4 Å². The van der Waals surface area contributed by atoms with Gasteiger partial charge in [0, 0.05) is 11.8 Å². The second-order valence-corrected chi connectivity index (χ2v) is 5.81. The Labute approximate surface area is 125 Å². The highest BCUT2D eigenvalue weighted by Gasteiger charge is 2.16. The first kappa shape index (κ1) is 16.7. The van der Waals surface area contributed by atoms with Crippen LogP contribution in [-0.4, -0.2) is 36.1 Å². The van der Waals surface area contributed by atoms with E-state index in [1.54, 1.807) is 0 Å². The zero-order chi connectivity index (χ0) is 15.3. The molecule has 6 heteroatoms. The molecule has 0 unspecified atom stereocenters. The molecule has 0 saturated carbocycles. The number of halogens is 1. The second kappa shape index (κ2) is 7.45. The second-order valence-electron chi connectivity index (χ2n) is 5.40. The summed E-state index contributed by atoms with van der Waals surface area (Å²) in [7, 11) is 0. The molecular formula is C14H22ClN3O2. The summed E-state index contributed by atoms with van der Waals surface area (Å²) in [4.78, 5) is 16.2. The zero-order valence-electron chi connectivity index (χ0n) is 12.4. The Morgan fingerprint density at radius 1 is 1.40 bits per heavy atom. The van der Waals surface area contributed by atoms with Crippen LogP contribution < -0.4 is 15.3 Å². The third-order valence-corrected chi connectivity index (χ3v) is 3.55. The molecule has 0 spiro atoms. The van der Waals surface area contributed by atoms with Crippen LogP contribution in [0.1, 0.15) is 38.1 Å². The van der Waals surface area contributed by atoms with Gasteiger partial charge in [0.05, 0.1) is 36.2 Å². The number of carboxylic acid groups (broad SMARTS) is 1. The van der Waals surface area contributed by atoms with Gasteiger partial charge in [-0.05, 0) is 33.8 Å². The Hall–Kier alpha value is -1.33. The Kier molecular flexibility index (Phi) is 6.23. The maximum absolute atomic E-state index is 10.7. The van der Waals surface area contributed by atoms with Crippen LogP contribution in [0.15, 0.2) is 12.3 Å². The first-order chi connectivity index (χ1) is 9.32. The molecule has 0 bridgehead atoms. The Morgan fingerprint density at radius 3 is 2.45 bits per heavy atom. The number of anilines is 1. The number of carboxylic acids is 1. The summed E-state index contributed by atoms with van der Waals surface area (Å²) in [5, 5.41) is 14.1. The lowest BCUT2D eigenvalue weighted by molar-refractivity contribution is -0.940. The molecule has 5 nitrogen and oxygen atoms in total. The number of carbonyl (C=O) groups excluding carboxylic acids is 1. The minimum atomic E-state index is -1.28. The van der Waals surface area contributed by atoms with Gasteiger partial charge in [0.15, 0.2) is 0 Å². The van der Waals surface area contributed by atoms with Crippen molar-refractivity contribution < 1.29 is 14.8 Å². The SMILES string of the molecule is CC(C)[NH+](CCNc1ncc(C(=O)[O-])cc1Cl)C(C)C. The lowest BCUT2D eigenvalue weighted by Gasteiger charge is -2.27. The van der Waals surface area contributed by atoms with Gasteiger partial charge in [0.2, 0.25) is 0 Å². The van der Waals surface area contributed by atoms with E-state index < -0.39 is 5.97 Å². The number of rotatable bonds is 7. The molecule has 0 aliphatic rings. The van der Waals surface area contributed by atoms with Crippen molar-refractivity contribution in [3.05, 3.63) is 22.8 Å². The summed E-state index contributed by atoms with van der Waals surface area (Å²) in [5.74, 6) is -0.773. The van der Waals surface area contributed by atoms with Gasteiger partial charge in [0.1, 0.15) is 5.82 Å². The average Bonchev–Trinajstić information content (AvgIpc) is 2.34. The van der Waals surface area contributed by atoms with E-state index in [1.807, 2.05) is 0 Å². The number of carbonyl (C=O) groups is 1. The number of hydrogen-bond donors (Lipinski definition) is 2. The minimum Gasteiger partial charge on any atom is -0.545 e. The lowest BCUT2D eigenvalue weighted by atomic mass is 10.2. The third kappa shape index (κ3) is 4.65. The topological polar surface area (TPSA) is 69.5 Å². The number of nitrogens with zero attached hydrogens (tertiary/aromatic N) is 1. The molecule has 0 radical (unpaired) electrons. The van der Waals surface area contributed by atoms with E-state index in [0.29, 0.717) is 22.9 Å². The van der Waals surface area contributed by atoms with E-state index in [2.05, 4.69) is 38.0 Å². The third-order valence-electron chi connectivity index (χ3n) is 3.27. The molecule has 0 amide bonds. The van der Waals surface area contributed by atoms with Gasteiger partial charge in [-0.3, -0.25) is 0 Å². The van der Waals surface area contributed by atoms with Gasteiger partial charge in [-0.1, -0.05) is 11.6 Å². The summed E-state index contributed by atoms with van der Waals surface area (Å²) in [6, 6.07) is 2.43. The molecular weight excluding hydrogens is 278 g/mol. The molecule has 0 aliphatic heterocycles. The van der Waals surface area contributed by atoms with Gasteiger partial charge >= 0.3 is 0 Å². The number of hydrogen-bond acceptors (Lipinski definition) is 4. The predicted molar refractivity (Wildman–Crippen MR) is 78.2 cm³/mol. The standard InChI is InChI=1S/C14H22ClN3O2/c1-9(2)18(10(3)4)6-5-16-13-12(15)7-11(8-17-13)14(19)20/h7-10H,5-6H2,1-4H3,(H,16,17)(H,19,20). The molecule has 1 heterocycles. The van der Waals surface area contributed by atoms with E-state index in [9.17, 15) is 9.90 Å². The first-order valence-corrected chi connectivity index (χ1v) is 7.17. The fourth-order valence-corrected chi connectivity index (χ4v) is 2.48. The number of nitrogens with one attached hydrogen (secondary N) is 2. The van der Waals surface area contributed by atoms with Crippen molar-refractivity contribution in [2.24, 2.45) is 0 Å². The Bertz CT molecular complexity index is 456. The summed E-state index contributed by atoms with van der Waals surface area (Å²) in [6.07, 6.45) is 1.25. The maximum atomic E-state index is 10.7. The fourth-order valence-electron chi connectivity index (χ4n) is 2.25. The summed E-state index contributed by atoms with van der Waals surface area (Å²) >= 11 is 5.99. The van der Waals surface area contributed by atoms with E-state index >= 15 is 0 Å². The molecule has 0 aliphatic carbocycles. The van der Waals surface area contributed by atoms with Crippen molar-refractivity contribution in [3.8, 4) is 0 Å². The molecule has 0 atom stereocenters. The summed E-state index contributed by atoms with van der Waals surface area (Å²) in [5.41, 5.74) is -0.0165. The van der Waals surface area contributed by atoms with Crippen molar-refractivity contribution in [1.29, 1.82) is 0 Å². The normalized spacial score (nSPS) is 11.4. The van der Waals surface area contributed by atoms with Gasteiger partial charge in [-0.25, -0.2) is 4.98 Å². The molecule has 0 saturated heterocycles. The molecule has 2 N–H and O–H groups in total. The highest BCUT2D eigenvalue weighted by Crippen LogP contribution is 2.19. The van der Waals surface area contributed by atoms with Crippen LogP contribution in [0.2, 0.25) is 5.02 Å². The average molecular weight is 300 g/mol. The lowest BCUT2D eigenvalue weighted by Crippen LogP contribution is -3.18. The van der Waals surface area contributed by atoms with Crippen LogP contribution in [0.5, 0.6) is 0 Å². The summed E-state index contributed by atoms with van der Waals surface area (Å²) in [6.45, 7) is 10.4. The van der Waals surface area contributed by atoms with E-state index in [4.69, 9.17) is 11.6 Å². The highest BCUT2D eigenvalue weighted by atomic mass is 35.5. The van der Waals surface area contributed by atoms with E-state index in [0.717, 1.165) is 13.1 Å². The van der Waals surface area contributed by atoms with Crippen LogP contribution in [0.25, 0.3) is 0 Å². The van der Waals surface area contributed by atoms with Gasteiger partial charge in [0.25, 0.3) is 0 Å². The maximum Gasteiger partial charge on any atom is 0.145 e. The number of quaternary nitrogens is 1. The van der Waals surface area contributed by atoms with Gasteiger partial charge in [-0.2, -0.15) is 0 Å². The Balaban J connectivity index is 2.60. The molecule has 1 rings (SSSR count). The van der Waals surface area contributed by atoms with Gasteiger partial charge in [-0.15, -0.1) is 0 Å². The fraction of sp³-hybridized carbons (Fsp3) is 0.571. The number of pyridine rings is 1. The predicted octanol–water partition coefficient (Wildman–Crippen LogP) is 0.212.